The number of nitrogen functional groups attached to an aromatic ring is 1. The van der Waals surface area contributed by atoms with Gasteiger partial charge in [0.1, 0.15) is 5.03 Å². The van der Waals surface area contributed by atoms with Crippen molar-refractivity contribution in [1.82, 2.24) is 9.97 Å². The minimum absolute atomic E-state index is 0.126. The van der Waals surface area contributed by atoms with Gasteiger partial charge in [0.2, 0.25) is 0 Å². The van der Waals surface area contributed by atoms with Crippen molar-refractivity contribution in [2.45, 2.75) is 5.03 Å². The number of aliphatic hydroxyl groups is 1. The third-order valence-corrected chi connectivity index (χ3v) is 2.00. The number of aliphatic hydroxyl groups excluding tert-OH is 1. The second-order valence-corrected chi connectivity index (χ2v) is 2.90. The fraction of sp³-hybridized carbons (Fsp3) is 0.333. The Morgan fingerprint density at radius 2 is 2.18 bits per heavy atom. The number of nitrogens with two attached hydrogens (primary N) is 1. The average Bonchev–Trinajstić information content (AvgIpc) is 2.03. The Hall–Kier alpha value is -0.810. The molecule has 0 aliphatic carbocycles. The molecule has 0 bridgehead atoms. The highest BCUT2D eigenvalue weighted by atomic mass is 32.2. The van der Waals surface area contributed by atoms with Crippen LogP contribution in [0, 0.1) is 0 Å². The Morgan fingerprint density at radius 3 is 2.82 bits per heavy atom. The van der Waals surface area contributed by atoms with Crippen LogP contribution in [0.4, 0.5) is 5.82 Å². The molecular weight excluding hydrogens is 162 g/mol. The van der Waals surface area contributed by atoms with Gasteiger partial charge >= 0.3 is 0 Å². The molecule has 0 atom stereocenters. The molecule has 0 amide bonds. The quantitative estimate of drug-likeness (QED) is 0.633. The van der Waals surface area contributed by atoms with Crippen LogP contribution in [0.3, 0.4) is 0 Å². The van der Waals surface area contributed by atoms with E-state index in [0.717, 1.165) is 0 Å². The zero-order valence-corrected chi connectivity index (χ0v) is 6.71. The summed E-state index contributed by atoms with van der Waals surface area (Å²) in [5, 5.41) is 9.19. The summed E-state index contributed by atoms with van der Waals surface area (Å²) in [6.07, 6.45) is 3.12. The number of aromatic nitrogens is 2. The van der Waals surface area contributed by atoms with E-state index in [9.17, 15) is 0 Å². The maximum atomic E-state index is 8.51. The first-order valence-electron chi connectivity index (χ1n) is 3.14. The van der Waals surface area contributed by atoms with E-state index in [-0.39, 0.29) is 6.61 Å². The summed E-state index contributed by atoms with van der Waals surface area (Å²) in [6.45, 7) is 0.126. The molecule has 0 aliphatic heterocycles. The fourth-order valence-corrected chi connectivity index (χ4v) is 1.21. The normalized spacial score (nSPS) is 9.91. The lowest BCUT2D eigenvalue weighted by atomic mass is 10.7. The van der Waals surface area contributed by atoms with Crippen molar-refractivity contribution in [2.75, 3.05) is 18.1 Å². The van der Waals surface area contributed by atoms with Gasteiger partial charge in [0, 0.05) is 18.1 Å². The molecule has 0 unspecified atom stereocenters. The van der Waals surface area contributed by atoms with E-state index in [2.05, 4.69) is 9.97 Å². The average molecular weight is 171 g/mol. The third kappa shape index (κ3) is 2.36. The van der Waals surface area contributed by atoms with Gasteiger partial charge in [-0.25, -0.2) is 9.97 Å². The van der Waals surface area contributed by atoms with Crippen LogP contribution >= 0.6 is 11.8 Å². The zero-order valence-electron chi connectivity index (χ0n) is 5.90. The second kappa shape index (κ2) is 4.15. The van der Waals surface area contributed by atoms with Gasteiger partial charge in [-0.3, -0.25) is 0 Å². The fourth-order valence-electron chi connectivity index (χ4n) is 0.590. The van der Waals surface area contributed by atoms with Crippen LogP contribution in [-0.2, 0) is 0 Å². The standard InChI is InChI=1S/C6H9N3OS/c7-5-6(11-4-3-10)9-2-1-8-5/h1-2,10H,3-4H2,(H2,7,8). The van der Waals surface area contributed by atoms with E-state index in [1.165, 1.54) is 11.8 Å². The molecule has 11 heavy (non-hydrogen) atoms. The number of thioether (sulfide) groups is 1. The van der Waals surface area contributed by atoms with Gasteiger partial charge in [-0.05, 0) is 0 Å². The minimum Gasteiger partial charge on any atom is -0.396 e. The molecule has 0 fully saturated rings. The predicted molar refractivity (Wildman–Crippen MR) is 44.3 cm³/mol. The molecule has 3 N–H and O–H groups in total. The van der Waals surface area contributed by atoms with Crippen LogP contribution < -0.4 is 5.73 Å². The van der Waals surface area contributed by atoms with Crippen LogP contribution in [0.25, 0.3) is 0 Å². The van der Waals surface area contributed by atoms with Crippen molar-refractivity contribution in [2.24, 2.45) is 0 Å². The summed E-state index contributed by atoms with van der Waals surface area (Å²) < 4.78 is 0. The Morgan fingerprint density at radius 1 is 1.45 bits per heavy atom. The first-order valence-corrected chi connectivity index (χ1v) is 4.13. The van der Waals surface area contributed by atoms with Gasteiger partial charge in [0.25, 0.3) is 0 Å². The Balaban J connectivity index is 2.62. The smallest absolute Gasteiger partial charge is 0.156 e. The van der Waals surface area contributed by atoms with Crippen LogP contribution in [0.2, 0.25) is 0 Å². The molecule has 1 aromatic heterocycles. The van der Waals surface area contributed by atoms with Crippen molar-refractivity contribution in [3.63, 3.8) is 0 Å². The highest BCUT2D eigenvalue weighted by molar-refractivity contribution is 7.99. The Labute approximate surface area is 68.9 Å². The van der Waals surface area contributed by atoms with Crippen LogP contribution in [0.15, 0.2) is 17.4 Å². The van der Waals surface area contributed by atoms with E-state index in [0.29, 0.717) is 16.6 Å². The number of rotatable bonds is 3. The first-order chi connectivity index (χ1) is 5.34. The number of anilines is 1. The maximum absolute atomic E-state index is 8.51. The molecule has 1 rings (SSSR count). The maximum Gasteiger partial charge on any atom is 0.156 e. The zero-order chi connectivity index (χ0) is 8.10. The number of nitrogens with zero attached hydrogens (tertiary/aromatic N) is 2. The third-order valence-electron chi connectivity index (χ3n) is 1.02. The van der Waals surface area contributed by atoms with E-state index < -0.39 is 0 Å². The number of hydrogen-bond donors (Lipinski definition) is 2. The largest absolute Gasteiger partial charge is 0.396 e. The number of hydrogen-bond acceptors (Lipinski definition) is 5. The molecule has 0 saturated heterocycles. The van der Waals surface area contributed by atoms with Crippen molar-refractivity contribution in [3.05, 3.63) is 12.4 Å². The van der Waals surface area contributed by atoms with Crippen LogP contribution in [0.5, 0.6) is 0 Å². The molecule has 1 aromatic rings. The predicted octanol–water partition coefficient (Wildman–Crippen LogP) is 0.143. The summed E-state index contributed by atoms with van der Waals surface area (Å²) in [7, 11) is 0. The summed E-state index contributed by atoms with van der Waals surface area (Å²) in [5.74, 6) is 1.02. The molecular formula is C6H9N3OS. The Bertz CT molecular complexity index is 231. The van der Waals surface area contributed by atoms with E-state index in [1.54, 1.807) is 12.4 Å². The van der Waals surface area contributed by atoms with Gasteiger partial charge < -0.3 is 10.8 Å². The van der Waals surface area contributed by atoms with Gasteiger partial charge in [0.05, 0.1) is 6.61 Å². The first kappa shape index (κ1) is 8.29. The van der Waals surface area contributed by atoms with Crippen molar-refractivity contribution in [3.8, 4) is 0 Å². The molecule has 0 aliphatic rings. The monoisotopic (exact) mass is 171 g/mol. The van der Waals surface area contributed by atoms with Gasteiger partial charge in [-0.15, -0.1) is 11.8 Å². The molecule has 60 valence electrons. The van der Waals surface area contributed by atoms with Gasteiger partial charge in [0.15, 0.2) is 5.82 Å². The molecule has 0 radical (unpaired) electrons. The van der Waals surface area contributed by atoms with E-state index in [1.807, 2.05) is 0 Å². The van der Waals surface area contributed by atoms with E-state index >= 15 is 0 Å². The minimum atomic E-state index is 0.126. The van der Waals surface area contributed by atoms with E-state index in [4.69, 9.17) is 10.8 Å². The second-order valence-electron chi connectivity index (χ2n) is 1.82. The topological polar surface area (TPSA) is 72.0 Å². The highest BCUT2D eigenvalue weighted by Crippen LogP contribution is 2.18. The van der Waals surface area contributed by atoms with Gasteiger partial charge in [-0.2, -0.15) is 0 Å². The molecule has 0 aromatic carbocycles. The van der Waals surface area contributed by atoms with Crippen molar-refractivity contribution >= 4 is 17.6 Å². The van der Waals surface area contributed by atoms with Crippen LogP contribution in [-0.4, -0.2) is 27.4 Å². The molecule has 1 heterocycles. The van der Waals surface area contributed by atoms with Crippen LogP contribution in [0.1, 0.15) is 0 Å². The van der Waals surface area contributed by atoms with Crippen molar-refractivity contribution < 1.29 is 5.11 Å². The molecule has 5 heteroatoms. The lowest BCUT2D eigenvalue weighted by Gasteiger charge is -1.99. The lowest BCUT2D eigenvalue weighted by molar-refractivity contribution is 0.322. The summed E-state index contributed by atoms with van der Waals surface area (Å²) >= 11 is 1.40. The molecule has 0 saturated carbocycles. The lowest BCUT2D eigenvalue weighted by Crippen LogP contribution is -1.96. The summed E-state index contributed by atoms with van der Waals surface area (Å²) in [4.78, 5) is 7.82. The summed E-state index contributed by atoms with van der Waals surface area (Å²) in [5.41, 5.74) is 5.49. The van der Waals surface area contributed by atoms with Crippen molar-refractivity contribution in [1.29, 1.82) is 0 Å². The highest BCUT2D eigenvalue weighted by Gasteiger charge is 1.99. The SMILES string of the molecule is Nc1nccnc1SCCO. The summed E-state index contributed by atoms with van der Waals surface area (Å²) in [6, 6.07) is 0. The Kier molecular flexibility index (Phi) is 3.13. The molecule has 4 nitrogen and oxygen atoms in total. The van der Waals surface area contributed by atoms with Gasteiger partial charge in [-0.1, -0.05) is 0 Å². The molecule has 0 spiro atoms.